The number of methoxy groups -OCH3 is 1. The number of nitrogens with zero attached hydrogens (tertiary/aromatic N) is 1. The molecule has 166 valence electrons. The lowest BCUT2D eigenvalue weighted by Gasteiger charge is -2.29. The molecule has 1 fully saturated rings. The summed E-state index contributed by atoms with van der Waals surface area (Å²) in [6.07, 6.45) is 1.48. The largest absolute Gasteiger partial charge is 0.493 e. The molecular formula is C25H19ClN2O4S. The van der Waals surface area contributed by atoms with Gasteiger partial charge in [-0.1, -0.05) is 60.1 Å². The molecule has 6 nitrogen and oxygen atoms in total. The molecule has 1 N–H and O–H groups in total. The molecule has 33 heavy (non-hydrogen) atoms. The SMILES string of the molecule is COc1ccc(/C=C2\C(=O)NC(=S)N(c3ccccc3Cl)C2=O)cc1OCc1ccccc1. The van der Waals surface area contributed by atoms with Gasteiger partial charge in [0.15, 0.2) is 16.6 Å². The number of anilines is 1. The molecule has 1 heterocycles. The molecule has 2 amide bonds. The van der Waals surface area contributed by atoms with E-state index in [4.69, 9.17) is 33.3 Å². The van der Waals surface area contributed by atoms with Crippen molar-refractivity contribution in [2.24, 2.45) is 0 Å². The van der Waals surface area contributed by atoms with Crippen molar-refractivity contribution in [1.82, 2.24) is 5.32 Å². The second-order valence-electron chi connectivity index (χ2n) is 7.09. The van der Waals surface area contributed by atoms with Gasteiger partial charge in [0.25, 0.3) is 11.8 Å². The highest BCUT2D eigenvalue weighted by atomic mass is 35.5. The van der Waals surface area contributed by atoms with Gasteiger partial charge in [-0.2, -0.15) is 0 Å². The lowest BCUT2D eigenvalue weighted by molar-refractivity contribution is -0.122. The number of nitrogens with one attached hydrogen (secondary N) is 1. The van der Waals surface area contributed by atoms with E-state index >= 15 is 0 Å². The van der Waals surface area contributed by atoms with Crippen molar-refractivity contribution in [3.63, 3.8) is 0 Å². The van der Waals surface area contributed by atoms with E-state index in [1.54, 1.807) is 49.6 Å². The fraction of sp³-hybridized carbons (Fsp3) is 0.0800. The lowest BCUT2D eigenvalue weighted by Crippen LogP contribution is -2.54. The van der Waals surface area contributed by atoms with Crippen LogP contribution in [0.25, 0.3) is 6.08 Å². The van der Waals surface area contributed by atoms with Crippen molar-refractivity contribution in [2.45, 2.75) is 6.61 Å². The zero-order valence-electron chi connectivity index (χ0n) is 17.6. The number of halogens is 1. The Morgan fingerprint density at radius 1 is 1.00 bits per heavy atom. The topological polar surface area (TPSA) is 67.9 Å². The van der Waals surface area contributed by atoms with Crippen molar-refractivity contribution in [1.29, 1.82) is 0 Å². The Labute approximate surface area is 201 Å². The van der Waals surface area contributed by atoms with Crippen molar-refractivity contribution in [2.75, 3.05) is 12.0 Å². The summed E-state index contributed by atoms with van der Waals surface area (Å²) < 4.78 is 11.3. The van der Waals surface area contributed by atoms with Crippen LogP contribution in [0, 0.1) is 0 Å². The molecule has 0 spiro atoms. The monoisotopic (exact) mass is 478 g/mol. The number of carbonyl (C=O) groups is 2. The molecule has 8 heteroatoms. The Hall–Kier alpha value is -3.68. The Kier molecular flexibility index (Phi) is 6.72. The van der Waals surface area contributed by atoms with Crippen molar-refractivity contribution < 1.29 is 19.1 Å². The van der Waals surface area contributed by atoms with Crippen LogP contribution in [0.1, 0.15) is 11.1 Å². The standard InChI is InChI=1S/C25H19ClN2O4S/c1-31-21-12-11-17(14-22(21)32-15-16-7-3-2-4-8-16)13-18-23(29)27-25(33)28(24(18)30)20-10-6-5-9-19(20)26/h2-14H,15H2,1H3,(H,27,29,33)/b18-13+. The Morgan fingerprint density at radius 3 is 2.45 bits per heavy atom. The number of thiocarbonyl (C=S) groups is 1. The van der Waals surface area contributed by atoms with Gasteiger partial charge in [0, 0.05) is 0 Å². The molecule has 0 radical (unpaired) electrons. The summed E-state index contributed by atoms with van der Waals surface area (Å²) in [6.45, 7) is 0.338. The van der Waals surface area contributed by atoms with Gasteiger partial charge in [-0.15, -0.1) is 0 Å². The highest BCUT2D eigenvalue weighted by Crippen LogP contribution is 2.32. The van der Waals surface area contributed by atoms with E-state index in [2.05, 4.69) is 5.32 Å². The predicted octanol–water partition coefficient (Wildman–Crippen LogP) is 4.76. The van der Waals surface area contributed by atoms with Crippen LogP contribution in [0.15, 0.2) is 78.4 Å². The van der Waals surface area contributed by atoms with E-state index < -0.39 is 11.8 Å². The average Bonchev–Trinajstić information content (AvgIpc) is 2.82. The molecule has 3 aromatic rings. The maximum Gasteiger partial charge on any atom is 0.270 e. The number of benzene rings is 3. The minimum absolute atomic E-state index is 0.0307. The van der Waals surface area contributed by atoms with E-state index in [0.717, 1.165) is 5.56 Å². The number of hydrogen-bond donors (Lipinski definition) is 1. The second-order valence-corrected chi connectivity index (χ2v) is 7.89. The smallest absolute Gasteiger partial charge is 0.270 e. The quantitative estimate of drug-likeness (QED) is 0.314. The minimum Gasteiger partial charge on any atom is -0.493 e. The molecule has 1 aliphatic heterocycles. The van der Waals surface area contributed by atoms with Gasteiger partial charge in [0.2, 0.25) is 0 Å². The Morgan fingerprint density at radius 2 is 1.73 bits per heavy atom. The van der Waals surface area contributed by atoms with Crippen LogP contribution in [0.2, 0.25) is 5.02 Å². The molecule has 0 saturated carbocycles. The number of carbonyl (C=O) groups excluding carboxylic acids is 2. The first-order valence-electron chi connectivity index (χ1n) is 9.98. The van der Waals surface area contributed by atoms with Crippen LogP contribution in [0.5, 0.6) is 11.5 Å². The second kappa shape index (κ2) is 9.85. The summed E-state index contributed by atoms with van der Waals surface area (Å²) >= 11 is 11.5. The molecule has 0 unspecified atom stereocenters. The van der Waals surface area contributed by atoms with Gasteiger partial charge in [-0.25, -0.2) is 0 Å². The molecule has 0 aromatic heterocycles. The maximum absolute atomic E-state index is 13.2. The van der Waals surface area contributed by atoms with E-state index in [1.807, 2.05) is 30.3 Å². The molecule has 4 rings (SSSR count). The third kappa shape index (κ3) is 4.89. The molecule has 0 aliphatic carbocycles. The van der Waals surface area contributed by atoms with Crippen molar-refractivity contribution in [3.05, 3.63) is 94.5 Å². The number of amides is 2. The lowest BCUT2D eigenvalue weighted by atomic mass is 10.1. The maximum atomic E-state index is 13.2. The molecule has 1 saturated heterocycles. The summed E-state index contributed by atoms with van der Waals surface area (Å²) in [7, 11) is 1.55. The van der Waals surface area contributed by atoms with Gasteiger partial charge >= 0.3 is 0 Å². The minimum atomic E-state index is -0.587. The first-order valence-corrected chi connectivity index (χ1v) is 10.8. The molecule has 0 atom stereocenters. The fourth-order valence-electron chi connectivity index (χ4n) is 3.31. The third-order valence-corrected chi connectivity index (χ3v) is 5.54. The van der Waals surface area contributed by atoms with Crippen LogP contribution >= 0.6 is 23.8 Å². The highest BCUT2D eigenvalue weighted by molar-refractivity contribution is 7.80. The summed E-state index contributed by atoms with van der Waals surface area (Å²) in [5.74, 6) is -0.139. The van der Waals surface area contributed by atoms with Gasteiger partial charge in [-0.3, -0.25) is 19.8 Å². The van der Waals surface area contributed by atoms with Gasteiger partial charge < -0.3 is 9.47 Å². The summed E-state index contributed by atoms with van der Waals surface area (Å²) in [5, 5.41) is 2.86. The van der Waals surface area contributed by atoms with Crippen LogP contribution in [0.4, 0.5) is 5.69 Å². The number of ether oxygens (including phenoxy) is 2. The summed E-state index contributed by atoms with van der Waals surface area (Å²) in [4.78, 5) is 27.0. The fourth-order valence-corrected chi connectivity index (χ4v) is 3.80. The van der Waals surface area contributed by atoms with Crippen LogP contribution in [0.3, 0.4) is 0 Å². The van der Waals surface area contributed by atoms with Crippen molar-refractivity contribution >= 4 is 52.5 Å². The van der Waals surface area contributed by atoms with Gasteiger partial charge in [0.1, 0.15) is 12.2 Å². The summed E-state index contributed by atoms with van der Waals surface area (Å²) in [6, 6.07) is 21.6. The van der Waals surface area contributed by atoms with E-state index in [1.165, 1.54) is 11.0 Å². The molecular weight excluding hydrogens is 460 g/mol. The summed E-state index contributed by atoms with van der Waals surface area (Å²) in [5.41, 5.74) is 1.89. The third-order valence-electron chi connectivity index (χ3n) is 4.93. The molecule has 3 aromatic carbocycles. The Balaban J connectivity index is 1.65. The van der Waals surface area contributed by atoms with Crippen LogP contribution in [-0.2, 0) is 16.2 Å². The van der Waals surface area contributed by atoms with Crippen LogP contribution in [-0.4, -0.2) is 24.0 Å². The Bertz CT molecular complexity index is 1260. The predicted molar refractivity (Wildman–Crippen MR) is 131 cm³/mol. The van der Waals surface area contributed by atoms with E-state index in [0.29, 0.717) is 34.4 Å². The van der Waals surface area contributed by atoms with E-state index in [9.17, 15) is 9.59 Å². The van der Waals surface area contributed by atoms with Gasteiger partial charge in [0.05, 0.1) is 17.8 Å². The number of rotatable bonds is 6. The van der Waals surface area contributed by atoms with Crippen LogP contribution < -0.4 is 19.7 Å². The van der Waals surface area contributed by atoms with Gasteiger partial charge in [-0.05, 0) is 53.7 Å². The highest BCUT2D eigenvalue weighted by Gasteiger charge is 2.35. The van der Waals surface area contributed by atoms with E-state index in [-0.39, 0.29) is 10.7 Å². The molecule has 1 aliphatic rings. The van der Waals surface area contributed by atoms with Crippen molar-refractivity contribution in [3.8, 4) is 11.5 Å². The zero-order valence-corrected chi connectivity index (χ0v) is 19.2. The average molecular weight is 479 g/mol. The first kappa shape index (κ1) is 22.5. The number of hydrogen-bond acceptors (Lipinski definition) is 5. The normalized spacial score (nSPS) is 14.9. The zero-order chi connectivity index (χ0) is 23.4. The first-order chi connectivity index (χ1) is 16.0. The number of para-hydroxylation sites is 1. The molecule has 0 bridgehead atoms.